The molecule has 0 unspecified atom stereocenters. The van der Waals surface area contributed by atoms with Gasteiger partial charge in [-0.05, 0) is 47.5 Å². The van der Waals surface area contributed by atoms with Crippen molar-refractivity contribution < 1.29 is 36.2 Å². The largest absolute Gasteiger partial charge is 0.495 e. The van der Waals surface area contributed by atoms with Crippen LogP contribution in [0.15, 0.2) is 47.4 Å². The van der Waals surface area contributed by atoms with Crippen molar-refractivity contribution in [3.8, 4) is 22.6 Å². The van der Waals surface area contributed by atoms with Gasteiger partial charge in [0, 0.05) is 5.56 Å². The topological polar surface area (TPSA) is 90.9 Å². The van der Waals surface area contributed by atoms with Crippen LogP contribution in [-0.4, -0.2) is 28.6 Å². The van der Waals surface area contributed by atoms with E-state index in [1.807, 2.05) is 0 Å². The number of nitrogens with one attached hydrogen (secondary N) is 1. The van der Waals surface area contributed by atoms with E-state index in [1.54, 1.807) is 0 Å². The second kappa shape index (κ2) is 8.53. The number of methoxy groups -OCH3 is 2. The molecule has 1 N–H and O–H groups in total. The molecule has 11 heteroatoms. The van der Waals surface area contributed by atoms with Crippen LogP contribution in [0.5, 0.6) is 11.5 Å². The lowest BCUT2D eigenvalue weighted by molar-refractivity contribution is 0.0472. The van der Waals surface area contributed by atoms with Gasteiger partial charge >= 0.3 is 5.97 Å². The minimum Gasteiger partial charge on any atom is -0.495 e. The molecular weight excluding hydrogens is 480 g/mol. The van der Waals surface area contributed by atoms with Gasteiger partial charge in [0.2, 0.25) is 0 Å². The molecule has 1 aliphatic heterocycles. The van der Waals surface area contributed by atoms with Gasteiger partial charge in [0.1, 0.15) is 17.3 Å². The predicted molar refractivity (Wildman–Crippen MR) is 116 cm³/mol. The standard InChI is InChI=1S/C22H16ClF2NO6S/c1-30-19-4-3-11-7-18(19)26-33(28,29)20-8-12(5-15(23)21(20)31-2)22(27)32-10-13-6-16(24)17(25)9-14(11)13/h3-9,26H,10H2,1-2H3. The molecule has 172 valence electrons. The molecule has 0 radical (unpaired) electrons. The van der Waals surface area contributed by atoms with Crippen LogP contribution in [0.25, 0.3) is 11.1 Å². The SMILES string of the molecule is COc1ccc2cc1NS(=O)(=O)c1cc(cc(Cl)c1OC)C(=O)OCc1cc(F)c(F)cc1-2. The summed E-state index contributed by atoms with van der Waals surface area (Å²) in [5, 5.41) is -0.142. The van der Waals surface area contributed by atoms with Gasteiger partial charge < -0.3 is 14.2 Å². The fourth-order valence-electron chi connectivity index (χ4n) is 3.44. The third-order valence-corrected chi connectivity index (χ3v) is 6.65. The molecule has 0 atom stereocenters. The number of halogens is 3. The Morgan fingerprint density at radius 3 is 2.42 bits per heavy atom. The summed E-state index contributed by atoms with van der Waals surface area (Å²) in [5.41, 5.74) is 0.532. The van der Waals surface area contributed by atoms with Crippen LogP contribution in [0.3, 0.4) is 0 Å². The zero-order valence-electron chi connectivity index (χ0n) is 17.2. The molecule has 0 aliphatic carbocycles. The zero-order valence-corrected chi connectivity index (χ0v) is 18.8. The van der Waals surface area contributed by atoms with E-state index >= 15 is 0 Å². The van der Waals surface area contributed by atoms with Gasteiger partial charge in [-0.3, -0.25) is 4.72 Å². The second-order valence-electron chi connectivity index (χ2n) is 7.01. The normalized spacial score (nSPS) is 14.5. The lowest BCUT2D eigenvalue weighted by Crippen LogP contribution is -2.16. The molecule has 0 fully saturated rings. The number of rotatable bonds is 2. The van der Waals surface area contributed by atoms with Crippen LogP contribution < -0.4 is 14.2 Å². The second-order valence-corrected chi connectivity index (χ2v) is 9.07. The average Bonchev–Trinajstić information content (AvgIpc) is 2.78. The van der Waals surface area contributed by atoms with Crippen LogP contribution in [0, 0.1) is 11.6 Å². The maximum atomic E-state index is 14.1. The highest BCUT2D eigenvalue weighted by Gasteiger charge is 2.27. The molecule has 0 spiro atoms. The van der Waals surface area contributed by atoms with Crippen molar-refractivity contribution in [3.63, 3.8) is 0 Å². The first-order valence-corrected chi connectivity index (χ1v) is 11.2. The van der Waals surface area contributed by atoms with Crippen LogP contribution in [-0.2, 0) is 21.4 Å². The minimum atomic E-state index is -4.35. The average molecular weight is 496 g/mol. The first-order chi connectivity index (χ1) is 15.6. The first kappa shape index (κ1) is 22.8. The highest BCUT2D eigenvalue weighted by Crippen LogP contribution is 2.38. The van der Waals surface area contributed by atoms with Gasteiger partial charge in [0.05, 0.1) is 30.5 Å². The summed E-state index contributed by atoms with van der Waals surface area (Å²) in [6.45, 7) is -0.411. The number of carbonyl (C=O) groups excluding carboxylic acids is 1. The van der Waals surface area contributed by atoms with E-state index in [0.717, 1.165) is 18.2 Å². The predicted octanol–water partition coefficient (Wildman–Crippen LogP) is 4.77. The Balaban J connectivity index is 2.02. The van der Waals surface area contributed by atoms with Gasteiger partial charge in [-0.1, -0.05) is 17.7 Å². The molecule has 0 saturated carbocycles. The molecule has 4 bridgehead atoms. The number of fused-ring (bicyclic) bond motifs is 6. The highest BCUT2D eigenvalue weighted by molar-refractivity contribution is 7.92. The summed E-state index contributed by atoms with van der Waals surface area (Å²) >= 11 is 6.17. The van der Waals surface area contributed by atoms with Gasteiger partial charge in [0.15, 0.2) is 17.4 Å². The Bertz CT molecular complexity index is 1390. The maximum absolute atomic E-state index is 14.1. The summed E-state index contributed by atoms with van der Waals surface area (Å²) in [6, 6.07) is 8.49. The fourth-order valence-corrected chi connectivity index (χ4v) is 5.07. The fraction of sp³-hybridized carbons (Fsp3) is 0.136. The van der Waals surface area contributed by atoms with Gasteiger partial charge in [-0.25, -0.2) is 22.0 Å². The number of sulfonamides is 1. The minimum absolute atomic E-state index is 0.0146. The summed E-state index contributed by atoms with van der Waals surface area (Å²) in [5.74, 6) is -3.19. The highest BCUT2D eigenvalue weighted by atomic mass is 35.5. The lowest BCUT2D eigenvalue weighted by atomic mass is 9.99. The number of ether oxygens (including phenoxy) is 3. The number of hydrogen-bond donors (Lipinski definition) is 1. The van der Waals surface area contributed by atoms with Crippen molar-refractivity contribution in [2.24, 2.45) is 0 Å². The maximum Gasteiger partial charge on any atom is 0.338 e. The molecule has 1 aliphatic rings. The summed E-state index contributed by atoms with van der Waals surface area (Å²) in [4.78, 5) is 12.3. The van der Waals surface area contributed by atoms with E-state index in [4.69, 9.17) is 25.8 Å². The van der Waals surface area contributed by atoms with E-state index in [0.29, 0.717) is 5.56 Å². The number of esters is 1. The van der Waals surface area contributed by atoms with Crippen LogP contribution >= 0.6 is 11.6 Å². The number of carbonyl (C=O) groups is 1. The van der Waals surface area contributed by atoms with Crippen molar-refractivity contribution in [2.45, 2.75) is 11.5 Å². The Labute approximate surface area is 192 Å². The monoisotopic (exact) mass is 495 g/mol. The molecule has 0 saturated heterocycles. The molecule has 0 amide bonds. The zero-order chi connectivity index (χ0) is 23.9. The molecule has 0 aromatic heterocycles. The van der Waals surface area contributed by atoms with E-state index in [9.17, 15) is 22.0 Å². The van der Waals surface area contributed by atoms with Crippen molar-refractivity contribution in [2.75, 3.05) is 18.9 Å². The number of anilines is 1. The van der Waals surface area contributed by atoms with E-state index < -0.39 is 39.1 Å². The molecule has 3 aromatic rings. The van der Waals surface area contributed by atoms with E-state index in [2.05, 4.69) is 4.72 Å². The molecule has 7 nitrogen and oxygen atoms in total. The Morgan fingerprint density at radius 2 is 1.73 bits per heavy atom. The Hall–Kier alpha value is -3.37. The van der Waals surface area contributed by atoms with Crippen molar-refractivity contribution in [3.05, 3.63) is 70.2 Å². The number of hydrogen-bond acceptors (Lipinski definition) is 6. The Kier molecular flexibility index (Phi) is 5.89. The van der Waals surface area contributed by atoms with Crippen LogP contribution in [0.2, 0.25) is 5.02 Å². The molecule has 4 rings (SSSR count). The molecule has 33 heavy (non-hydrogen) atoms. The van der Waals surface area contributed by atoms with Crippen LogP contribution in [0.4, 0.5) is 14.5 Å². The van der Waals surface area contributed by atoms with Crippen molar-refractivity contribution >= 4 is 33.3 Å². The van der Waals surface area contributed by atoms with E-state index in [1.165, 1.54) is 38.5 Å². The smallest absolute Gasteiger partial charge is 0.338 e. The van der Waals surface area contributed by atoms with E-state index in [-0.39, 0.29) is 38.9 Å². The van der Waals surface area contributed by atoms with Crippen molar-refractivity contribution in [1.29, 1.82) is 0 Å². The quantitative estimate of drug-likeness (QED) is 0.515. The Morgan fingerprint density at radius 1 is 1.00 bits per heavy atom. The summed E-state index contributed by atoms with van der Waals surface area (Å²) in [6.07, 6.45) is 0. The lowest BCUT2D eigenvalue weighted by Gasteiger charge is -2.16. The molecule has 1 heterocycles. The molecular formula is C22H16ClF2NO6S. The third kappa shape index (κ3) is 4.19. The first-order valence-electron chi connectivity index (χ1n) is 9.38. The summed E-state index contributed by atoms with van der Waals surface area (Å²) < 4.78 is 72.6. The van der Waals surface area contributed by atoms with Crippen LogP contribution in [0.1, 0.15) is 15.9 Å². The van der Waals surface area contributed by atoms with Gasteiger partial charge in [0.25, 0.3) is 10.0 Å². The molecule has 3 aromatic carbocycles. The summed E-state index contributed by atoms with van der Waals surface area (Å²) in [7, 11) is -1.78. The third-order valence-electron chi connectivity index (χ3n) is 5.00. The van der Waals surface area contributed by atoms with Gasteiger partial charge in [-0.15, -0.1) is 0 Å². The van der Waals surface area contributed by atoms with Crippen molar-refractivity contribution in [1.82, 2.24) is 0 Å². The number of benzene rings is 3. The van der Waals surface area contributed by atoms with Gasteiger partial charge in [-0.2, -0.15) is 0 Å². The number of cyclic esters (lactones) is 1.